The second kappa shape index (κ2) is 7.65. The second-order valence-electron chi connectivity index (χ2n) is 5.95. The maximum absolute atomic E-state index is 12.9. The third kappa shape index (κ3) is 5.12. The van der Waals surface area contributed by atoms with E-state index in [2.05, 4.69) is 4.13 Å². The first-order chi connectivity index (χ1) is 11.6. The van der Waals surface area contributed by atoms with Crippen LogP contribution in [0, 0.1) is 6.92 Å². The maximum atomic E-state index is 12.9. The SMILES string of the molecule is COc1ccc(CN(C)[SH](C)(=O)NS(=O)(=O)c2ccc(C)cc2)cc1. The van der Waals surface area contributed by atoms with Gasteiger partial charge in [-0.3, -0.25) is 4.21 Å². The van der Waals surface area contributed by atoms with Crippen LogP contribution in [0.15, 0.2) is 53.4 Å². The quantitative estimate of drug-likeness (QED) is 0.715. The van der Waals surface area contributed by atoms with Crippen LogP contribution >= 0.6 is 0 Å². The topological polar surface area (TPSA) is 75.7 Å². The van der Waals surface area contributed by atoms with Gasteiger partial charge in [0.2, 0.25) is 0 Å². The number of hydrogen-bond acceptors (Lipinski definition) is 4. The molecule has 138 valence electrons. The van der Waals surface area contributed by atoms with Crippen molar-refractivity contribution in [2.75, 3.05) is 20.4 Å². The van der Waals surface area contributed by atoms with Crippen molar-refractivity contribution in [1.82, 2.24) is 8.43 Å². The minimum absolute atomic E-state index is 0.0954. The molecule has 0 atom stereocenters. The molecule has 2 aromatic carbocycles. The molecule has 2 rings (SSSR count). The molecule has 0 bridgehead atoms. The maximum Gasteiger partial charge on any atom is 0.251 e. The van der Waals surface area contributed by atoms with Crippen LogP contribution in [0.1, 0.15) is 11.1 Å². The third-order valence-electron chi connectivity index (χ3n) is 3.84. The molecule has 0 saturated heterocycles. The van der Waals surface area contributed by atoms with E-state index in [-0.39, 0.29) is 4.90 Å². The van der Waals surface area contributed by atoms with Gasteiger partial charge in [-0.25, -0.2) is 12.7 Å². The number of ether oxygens (including phenoxy) is 1. The Kier molecular flexibility index (Phi) is 5.99. The van der Waals surface area contributed by atoms with Gasteiger partial charge in [0.05, 0.1) is 12.0 Å². The summed E-state index contributed by atoms with van der Waals surface area (Å²) in [7, 11) is -3.95. The van der Waals surface area contributed by atoms with E-state index < -0.39 is 20.3 Å². The zero-order valence-electron chi connectivity index (χ0n) is 14.8. The minimum atomic E-state index is -3.86. The molecule has 0 fully saturated rings. The molecule has 0 spiro atoms. The molecule has 0 aromatic heterocycles. The lowest BCUT2D eigenvalue weighted by molar-refractivity contribution is 0.414. The number of hydrogen-bond donors (Lipinski definition) is 2. The van der Waals surface area contributed by atoms with Gasteiger partial charge in [-0.2, -0.15) is 0 Å². The molecular weight excluding hydrogens is 360 g/mol. The summed E-state index contributed by atoms with van der Waals surface area (Å²) in [5.74, 6) is 0.728. The van der Waals surface area contributed by atoms with E-state index in [9.17, 15) is 12.6 Å². The van der Waals surface area contributed by atoms with Gasteiger partial charge in [0.25, 0.3) is 10.0 Å². The molecule has 0 aliphatic heterocycles. The standard InChI is InChI=1S/C17H24N2O4S2/c1-14-5-11-17(12-6-14)25(21,22)18-24(4,20)19(2)13-15-7-9-16(23-3)10-8-15/h5-12,24H,13H2,1-4H3,(H,18,20). The molecule has 0 amide bonds. The van der Waals surface area contributed by atoms with Gasteiger partial charge in [0.15, 0.2) is 0 Å². The Morgan fingerprint density at radius 1 is 1.08 bits per heavy atom. The Morgan fingerprint density at radius 3 is 2.16 bits per heavy atom. The van der Waals surface area contributed by atoms with Crippen molar-refractivity contribution in [2.24, 2.45) is 0 Å². The molecule has 25 heavy (non-hydrogen) atoms. The van der Waals surface area contributed by atoms with Crippen molar-refractivity contribution in [2.45, 2.75) is 18.4 Å². The molecule has 1 N–H and O–H groups in total. The lowest BCUT2D eigenvalue weighted by Gasteiger charge is -2.30. The number of thiol groups is 1. The number of nitrogens with zero attached hydrogens (tertiary/aromatic N) is 1. The Bertz CT molecular complexity index is 863. The van der Waals surface area contributed by atoms with E-state index in [1.54, 1.807) is 38.4 Å². The van der Waals surface area contributed by atoms with Gasteiger partial charge in [-0.05, 0) is 54.1 Å². The summed E-state index contributed by atoms with van der Waals surface area (Å²) in [6.45, 7) is 2.21. The highest BCUT2D eigenvalue weighted by atomic mass is 32.3. The highest BCUT2D eigenvalue weighted by molar-refractivity contribution is 8.09. The fourth-order valence-electron chi connectivity index (χ4n) is 2.19. The van der Waals surface area contributed by atoms with E-state index in [1.807, 2.05) is 19.1 Å². The monoisotopic (exact) mass is 384 g/mol. The molecule has 0 radical (unpaired) electrons. The number of nitrogens with one attached hydrogen (secondary N) is 1. The molecule has 0 heterocycles. The van der Waals surface area contributed by atoms with Gasteiger partial charge in [-0.15, -0.1) is 4.13 Å². The van der Waals surface area contributed by atoms with Gasteiger partial charge in [0.1, 0.15) is 5.75 Å². The fourth-order valence-corrected chi connectivity index (χ4v) is 5.88. The lowest BCUT2D eigenvalue weighted by atomic mass is 10.2. The smallest absolute Gasteiger partial charge is 0.251 e. The molecule has 8 heteroatoms. The molecule has 2 aromatic rings. The minimum Gasteiger partial charge on any atom is -0.497 e. The van der Waals surface area contributed by atoms with Crippen LogP contribution in [-0.2, 0) is 26.9 Å². The Balaban J connectivity index is 2.13. The van der Waals surface area contributed by atoms with Crippen molar-refractivity contribution in [3.05, 3.63) is 59.7 Å². The number of benzene rings is 2. The van der Waals surface area contributed by atoms with E-state index in [0.717, 1.165) is 16.9 Å². The average molecular weight is 385 g/mol. The number of methoxy groups -OCH3 is 1. The second-order valence-corrected chi connectivity index (χ2v) is 10.6. The van der Waals surface area contributed by atoms with Crippen molar-refractivity contribution in [3.63, 3.8) is 0 Å². The van der Waals surface area contributed by atoms with E-state index in [4.69, 9.17) is 4.74 Å². The molecule has 0 aliphatic carbocycles. The van der Waals surface area contributed by atoms with Crippen LogP contribution in [-0.4, -0.2) is 37.3 Å². The van der Waals surface area contributed by atoms with Gasteiger partial charge in [-0.1, -0.05) is 29.8 Å². The summed E-state index contributed by atoms with van der Waals surface area (Å²) in [5, 5.41) is 0. The lowest BCUT2D eigenvalue weighted by Crippen LogP contribution is -2.46. The zero-order chi connectivity index (χ0) is 18.7. The Hall–Kier alpha value is -1.74. The van der Waals surface area contributed by atoms with E-state index in [1.165, 1.54) is 22.7 Å². The van der Waals surface area contributed by atoms with Crippen molar-refractivity contribution >= 4 is 20.3 Å². The largest absolute Gasteiger partial charge is 0.497 e. The summed E-state index contributed by atoms with van der Waals surface area (Å²) in [6.07, 6.45) is 1.41. The summed E-state index contributed by atoms with van der Waals surface area (Å²) in [6, 6.07) is 13.7. The van der Waals surface area contributed by atoms with Crippen LogP contribution < -0.4 is 8.86 Å². The zero-order valence-corrected chi connectivity index (χ0v) is 16.5. The number of sulfonamides is 1. The summed E-state index contributed by atoms with van der Waals surface area (Å²) in [4.78, 5) is 0.0954. The number of rotatable bonds is 7. The van der Waals surface area contributed by atoms with E-state index in [0.29, 0.717) is 6.54 Å². The highest BCUT2D eigenvalue weighted by Gasteiger charge is 2.24. The fraction of sp³-hybridized carbons (Fsp3) is 0.294. The van der Waals surface area contributed by atoms with Crippen LogP contribution in [0.25, 0.3) is 0 Å². The molecule has 6 nitrogen and oxygen atoms in total. The predicted octanol–water partition coefficient (Wildman–Crippen LogP) is 1.89. The van der Waals surface area contributed by atoms with Gasteiger partial charge < -0.3 is 4.74 Å². The van der Waals surface area contributed by atoms with Gasteiger partial charge >= 0.3 is 0 Å². The first-order valence-corrected chi connectivity index (χ1v) is 11.3. The van der Waals surface area contributed by atoms with Crippen LogP contribution in [0.4, 0.5) is 0 Å². The first-order valence-electron chi connectivity index (χ1n) is 7.67. The normalized spacial score (nSPS) is 13.0. The van der Waals surface area contributed by atoms with Crippen LogP contribution in [0.2, 0.25) is 0 Å². The summed E-state index contributed by atoms with van der Waals surface area (Å²) >= 11 is 0. The van der Waals surface area contributed by atoms with Crippen LogP contribution in [0.3, 0.4) is 0 Å². The van der Waals surface area contributed by atoms with Crippen LogP contribution in [0.5, 0.6) is 5.75 Å². The Labute approximate surface area is 150 Å². The summed E-state index contributed by atoms with van der Waals surface area (Å²) in [5.41, 5.74) is 1.86. The third-order valence-corrected chi connectivity index (χ3v) is 8.50. The molecular formula is C17H24N2O4S2. The van der Waals surface area contributed by atoms with Crippen molar-refractivity contribution < 1.29 is 17.4 Å². The van der Waals surface area contributed by atoms with Crippen molar-refractivity contribution in [1.29, 1.82) is 0 Å². The average Bonchev–Trinajstić information content (AvgIpc) is 2.55. The Morgan fingerprint density at radius 2 is 1.64 bits per heavy atom. The van der Waals surface area contributed by atoms with Gasteiger partial charge in [0, 0.05) is 12.8 Å². The number of aryl methyl sites for hydroxylation is 1. The highest BCUT2D eigenvalue weighted by Crippen LogP contribution is 2.17. The summed E-state index contributed by atoms with van der Waals surface area (Å²) < 4.78 is 46.8. The molecule has 0 saturated carbocycles. The van der Waals surface area contributed by atoms with Crippen molar-refractivity contribution in [3.8, 4) is 5.75 Å². The molecule has 0 unspecified atom stereocenters. The predicted molar refractivity (Wildman–Crippen MR) is 101 cm³/mol. The van der Waals surface area contributed by atoms with E-state index >= 15 is 0 Å². The first kappa shape index (κ1) is 19.6. The molecule has 0 aliphatic rings.